The summed E-state index contributed by atoms with van der Waals surface area (Å²) in [6.07, 6.45) is 0.645. The molecule has 0 radical (unpaired) electrons. The quantitative estimate of drug-likeness (QED) is 0.557. The van der Waals surface area contributed by atoms with E-state index in [2.05, 4.69) is 5.32 Å². The molecule has 4 rings (SSSR count). The smallest absolute Gasteiger partial charge is 0.257 e. The number of fused-ring (bicyclic) bond motifs is 1. The molecular formula is C23H20Cl2N2O3S. The van der Waals surface area contributed by atoms with E-state index in [1.54, 1.807) is 18.2 Å². The highest BCUT2D eigenvalue weighted by Crippen LogP contribution is 2.28. The highest BCUT2D eigenvalue weighted by molar-refractivity contribution is 7.89. The molecule has 0 fully saturated rings. The number of aryl methyl sites for hydroxylation is 1. The molecule has 0 atom stereocenters. The molecule has 8 heteroatoms. The van der Waals surface area contributed by atoms with Crippen molar-refractivity contribution >= 4 is 44.8 Å². The molecule has 1 amide bonds. The Bertz CT molecular complexity index is 1280. The van der Waals surface area contributed by atoms with Gasteiger partial charge >= 0.3 is 0 Å². The Morgan fingerprint density at radius 3 is 2.48 bits per heavy atom. The Balaban J connectivity index is 1.62. The Morgan fingerprint density at radius 1 is 1.00 bits per heavy atom. The summed E-state index contributed by atoms with van der Waals surface area (Å²) < 4.78 is 28.0. The summed E-state index contributed by atoms with van der Waals surface area (Å²) in [6.45, 7) is 2.50. The van der Waals surface area contributed by atoms with E-state index in [4.69, 9.17) is 23.2 Å². The van der Waals surface area contributed by atoms with E-state index in [9.17, 15) is 13.2 Å². The summed E-state index contributed by atoms with van der Waals surface area (Å²) in [6, 6.07) is 17.1. The predicted molar refractivity (Wildman–Crippen MR) is 123 cm³/mol. The molecule has 0 saturated heterocycles. The van der Waals surface area contributed by atoms with Crippen molar-refractivity contribution in [1.29, 1.82) is 0 Å². The van der Waals surface area contributed by atoms with Crippen molar-refractivity contribution in [3.05, 3.63) is 93.0 Å². The van der Waals surface area contributed by atoms with Crippen LogP contribution in [0, 0.1) is 6.92 Å². The monoisotopic (exact) mass is 474 g/mol. The van der Waals surface area contributed by atoms with Gasteiger partial charge in [0, 0.05) is 23.8 Å². The molecular weight excluding hydrogens is 455 g/mol. The first kappa shape index (κ1) is 21.8. The summed E-state index contributed by atoms with van der Waals surface area (Å²) in [5, 5.41) is 3.51. The fourth-order valence-corrected chi connectivity index (χ4v) is 5.50. The molecule has 160 valence electrons. The molecule has 1 aliphatic heterocycles. The first-order valence-electron chi connectivity index (χ1n) is 9.70. The van der Waals surface area contributed by atoms with Crippen LogP contribution in [0.4, 0.5) is 5.69 Å². The summed E-state index contributed by atoms with van der Waals surface area (Å²) >= 11 is 12.2. The van der Waals surface area contributed by atoms with Crippen molar-refractivity contribution in [1.82, 2.24) is 4.31 Å². The number of anilines is 1. The van der Waals surface area contributed by atoms with Crippen molar-refractivity contribution < 1.29 is 13.2 Å². The van der Waals surface area contributed by atoms with Crippen LogP contribution < -0.4 is 5.32 Å². The Hall–Kier alpha value is -2.38. The van der Waals surface area contributed by atoms with Gasteiger partial charge in [-0.25, -0.2) is 8.42 Å². The van der Waals surface area contributed by atoms with Crippen LogP contribution in [0.15, 0.2) is 65.6 Å². The number of nitrogens with zero attached hydrogens (tertiary/aromatic N) is 1. The molecule has 0 aromatic heterocycles. The molecule has 1 N–H and O–H groups in total. The van der Waals surface area contributed by atoms with Crippen LogP contribution in [0.3, 0.4) is 0 Å². The van der Waals surface area contributed by atoms with E-state index in [0.29, 0.717) is 30.2 Å². The van der Waals surface area contributed by atoms with Gasteiger partial charge in [-0.1, -0.05) is 47.5 Å². The number of hydrogen-bond acceptors (Lipinski definition) is 3. The highest BCUT2D eigenvalue weighted by atomic mass is 35.5. The standard InChI is InChI=1S/C23H20Cl2N2O3S/c1-15-12-18(24)6-9-22(15)26-23(28)20-13-19(7-8-21(20)25)31(29,30)27-11-10-16-4-2-3-5-17(16)14-27/h2-9,12-13H,10-11,14H2,1H3,(H,26,28). The summed E-state index contributed by atoms with van der Waals surface area (Å²) in [5.74, 6) is -0.489. The second-order valence-electron chi connectivity index (χ2n) is 7.41. The number of carbonyl (C=O) groups is 1. The molecule has 0 saturated carbocycles. The Morgan fingerprint density at radius 2 is 1.74 bits per heavy atom. The highest BCUT2D eigenvalue weighted by Gasteiger charge is 2.29. The Kier molecular flexibility index (Phi) is 6.08. The van der Waals surface area contributed by atoms with Crippen LogP contribution >= 0.6 is 23.2 Å². The topological polar surface area (TPSA) is 66.5 Å². The van der Waals surface area contributed by atoms with E-state index in [1.165, 1.54) is 22.5 Å². The minimum Gasteiger partial charge on any atom is -0.322 e. The van der Waals surface area contributed by atoms with Crippen LogP contribution in [0.1, 0.15) is 27.0 Å². The molecule has 0 unspecified atom stereocenters. The zero-order chi connectivity index (χ0) is 22.2. The van der Waals surface area contributed by atoms with Gasteiger partial charge in [-0.2, -0.15) is 4.31 Å². The van der Waals surface area contributed by atoms with Gasteiger partial charge in [0.2, 0.25) is 10.0 Å². The first-order chi connectivity index (χ1) is 14.8. The second kappa shape index (κ2) is 8.63. The first-order valence-corrected chi connectivity index (χ1v) is 11.9. The lowest BCUT2D eigenvalue weighted by Crippen LogP contribution is -2.36. The van der Waals surface area contributed by atoms with Crippen LogP contribution in [-0.4, -0.2) is 25.2 Å². The van der Waals surface area contributed by atoms with Crippen molar-refractivity contribution in [2.24, 2.45) is 0 Å². The molecule has 1 aliphatic rings. The number of amides is 1. The summed E-state index contributed by atoms with van der Waals surface area (Å²) in [5.41, 5.74) is 3.60. The minimum atomic E-state index is -3.79. The van der Waals surface area contributed by atoms with E-state index in [0.717, 1.165) is 16.7 Å². The zero-order valence-electron chi connectivity index (χ0n) is 16.7. The third-order valence-electron chi connectivity index (χ3n) is 5.35. The number of sulfonamides is 1. The fourth-order valence-electron chi connectivity index (χ4n) is 3.62. The maximum atomic E-state index is 13.3. The van der Waals surface area contributed by atoms with Crippen LogP contribution in [0.5, 0.6) is 0 Å². The van der Waals surface area contributed by atoms with Crippen molar-refractivity contribution in [3.63, 3.8) is 0 Å². The van der Waals surface area contributed by atoms with E-state index >= 15 is 0 Å². The number of halogens is 2. The number of nitrogens with one attached hydrogen (secondary N) is 1. The molecule has 0 aliphatic carbocycles. The maximum absolute atomic E-state index is 13.3. The van der Waals surface area contributed by atoms with Gasteiger partial charge in [0.05, 0.1) is 15.5 Å². The molecule has 5 nitrogen and oxygen atoms in total. The average molecular weight is 475 g/mol. The average Bonchev–Trinajstić information content (AvgIpc) is 2.75. The molecule has 3 aromatic carbocycles. The van der Waals surface area contributed by atoms with Crippen LogP contribution in [0.25, 0.3) is 0 Å². The largest absolute Gasteiger partial charge is 0.322 e. The van der Waals surface area contributed by atoms with Gasteiger partial charge in [0.15, 0.2) is 0 Å². The second-order valence-corrected chi connectivity index (χ2v) is 10.2. The zero-order valence-corrected chi connectivity index (χ0v) is 19.1. The van der Waals surface area contributed by atoms with Gasteiger partial charge < -0.3 is 5.32 Å². The molecule has 3 aromatic rings. The lowest BCUT2D eigenvalue weighted by atomic mass is 10.0. The third kappa shape index (κ3) is 4.48. The summed E-state index contributed by atoms with van der Waals surface area (Å²) in [7, 11) is -3.79. The lowest BCUT2D eigenvalue weighted by molar-refractivity contribution is 0.102. The predicted octanol–water partition coefficient (Wildman–Crippen LogP) is 5.30. The SMILES string of the molecule is Cc1cc(Cl)ccc1NC(=O)c1cc(S(=O)(=O)N2CCc3ccccc3C2)ccc1Cl. The minimum absolute atomic E-state index is 0.0364. The van der Waals surface area contributed by atoms with Crippen LogP contribution in [0.2, 0.25) is 10.0 Å². The fraction of sp³-hybridized carbons (Fsp3) is 0.174. The lowest BCUT2D eigenvalue weighted by Gasteiger charge is -2.28. The van der Waals surface area contributed by atoms with Crippen molar-refractivity contribution in [3.8, 4) is 0 Å². The van der Waals surface area contributed by atoms with Crippen molar-refractivity contribution in [2.75, 3.05) is 11.9 Å². The number of benzene rings is 3. The molecule has 0 bridgehead atoms. The van der Waals surface area contributed by atoms with Crippen LogP contribution in [-0.2, 0) is 23.0 Å². The molecule has 31 heavy (non-hydrogen) atoms. The van der Waals surface area contributed by atoms with Gasteiger partial charge in [0.25, 0.3) is 5.91 Å². The van der Waals surface area contributed by atoms with Gasteiger partial charge in [-0.15, -0.1) is 0 Å². The van der Waals surface area contributed by atoms with Crippen molar-refractivity contribution in [2.45, 2.75) is 24.8 Å². The maximum Gasteiger partial charge on any atom is 0.257 e. The van der Waals surface area contributed by atoms with E-state index in [-0.39, 0.29) is 15.5 Å². The normalized spacial score (nSPS) is 14.2. The number of hydrogen-bond donors (Lipinski definition) is 1. The van der Waals surface area contributed by atoms with Gasteiger partial charge in [-0.05, 0) is 66.4 Å². The van der Waals surface area contributed by atoms with E-state index in [1.807, 2.05) is 31.2 Å². The van der Waals surface area contributed by atoms with Gasteiger partial charge in [0.1, 0.15) is 0 Å². The summed E-state index contributed by atoms with van der Waals surface area (Å²) in [4.78, 5) is 12.9. The van der Waals surface area contributed by atoms with E-state index < -0.39 is 15.9 Å². The van der Waals surface area contributed by atoms with Gasteiger partial charge in [-0.3, -0.25) is 4.79 Å². The Labute approximate surface area is 191 Å². The third-order valence-corrected chi connectivity index (χ3v) is 7.76. The number of carbonyl (C=O) groups excluding carboxylic acids is 1. The number of rotatable bonds is 4. The molecule has 0 spiro atoms. The molecule has 1 heterocycles.